The van der Waals surface area contributed by atoms with Crippen molar-refractivity contribution in [1.29, 1.82) is 0 Å². The minimum atomic E-state index is -0.569. The summed E-state index contributed by atoms with van der Waals surface area (Å²) in [5.74, 6) is 0.802. The molecule has 0 bridgehead atoms. The number of hydrogen-bond donors (Lipinski definition) is 1. The van der Waals surface area contributed by atoms with Crippen LogP contribution in [0.3, 0.4) is 0 Å². The molecule has 1 aliphatic heterocycles. The second kappa shape index (κ2) is 6.18. The first-order chi connectivity index (χ1) is 8.70. The minimum Gasteiger partial charge on any atom is -0.496 e. The molecule has 1 N–H and O–H groups in total. The third-order valence-corrected chi connectivity index (χ3v) is 3.14. The number of methoxy groups -OCH3 is 1. The molecule has 4 nitrogen and oxygen atoms in total. The zero-order valence-electron chi connectivity index (χ0n) is 10.9. The van der Waals surface area contributed by atoms with Crippen LogP contribution in [0.4, 0.5) is 0 Å². The van der Waals surface area contributed by atoms with E-state index in [2.05, 4.69) is 0 Å². The highest BCUT2D eigenvalue weighted by atomic mass is 16.6. The summed E-state index contributed by atoms with van der Waals surface area (Å²) in [4.78, 5) is 0. The summed E-state index contributed by atoms with van der Waals surface area (Å²) in [7, 11) is 1.64. The molecule has 2 unspecified atom stereocenters. The van der Waals surface area contributed by atoms with Crippen molar-refractivity contribution >= 4 is 0 Å². The van der Waals surface area contributed by atoms with Crippen molar-refractivity contribution in [2.45, 2.75) is 25.6 Å². The highest BCUT2D eigenvalue weighted by Gasteiger charge is 2.24. The van der Waals surface area contributed by atoms with Crippen LogP contribution in [0.25, 0.3) is 0 Å². The largest absolute Gasteiger partial charge is 0.496 e. The molecule has 0 aliphatic carbocycles. The van der Waals surface area contributed by atoms with Gasteiger partial charge in [-0.05, 0) is 18.6 Å². The van der Waals surface area contributed by atoms with Gasteiger partial charge in [-0.25, -0.2) is 0 Å². The summed E-state index contributed by atoms with van der Waals surface area (Å²) in [6.45, 7) is 3.63. The van der Waals surface area contributed by atoms with Gasteiger partial charge in [0.1, 0.15) is 11.9 Å². The average molecular weight is 252 g/mol. The van der Waals surface area contributed by atoms with Crippen LogP contribution in [0, 0.1) is 6.92 Å². The number of rotatable bonds is 4. The predicted octanol–water partition coefficient (Wildman–Crippen LogP) is 1.32. The summed E-state index contributed by atoms with van der Waals surface area (Å²) in [5, 5.41) is 10.2. The lowest BCUT2D eigenvalue weighted by Gasteiger charge is -2.27. The highest BCUT2D eigenvalue weighted by molar-refractivity contribution is 5.37. The zero-order valence-corrected chi connectivity index (χ0v) is 10.9. The Hall–Kier alpha value is -1.10. The van der Waals surface area contributed by atoms with Crippen molar-refractivity contribution in [3.05, 3.63) is 29.3 Å². The summed E-state index contributed by atoms with van der Waals surface area (Å²) < 4.78 is 16.1. The molecule has 2 rings (SSSR count). The first-order valence-corrected chi connectivity index (χ1v) is 6.21. The summed E-state index contributed by atoms with van der Waals surface area (Å²) in [6, 6.07) is 5.95. The standard InChI is InChI=1S/C14H20O4/c1-10-3-4-13(16-2)11(7-10)8-12(15)14-9-17-5-6-18-14/h3-4,7,12,14-15H,5-6,8-9H2,1-2H3. The van der Waals surface area contributed by atoms with Gasteiger partial charge in [0.25, 0.3) is 0 Å². The van der Waals surface area contributed by atoms with E-state index >= 15 is 0 Å². The van der Waals surface area contributed by atoms with Crippen molar-refractivity contribution in [1.82, 2.24) is 0 Å². The maximum absolute atomic E-state index is 10.2. The molecule has 0 saturated carbocycles. The van der Waals surface area contributed by atoms with Gasteiger partial charge in [-0.1, -0.05) is 17.7 Å². The fourth-order valence-electron chi connectivity index (χ4n) is 2.15. The fraction of sp³-hybridized carbons (Fsp3) is 0.571. The first-order valence-electron chi connectivity index (χ1n) is 6.21. The number of aliphatic hydroxyl groups excluding tert-OH is 1. The summed E-state index contributed by atoms with van der Waals surface area (Å²) in [5.41, 5.74) is 2.15. The Morgan fingerprint density at radius 3 is 2.94 bits per heavy atom. The molecule has 2 atom stereocenters. The summed E-state index contributed by atoms with van der Waals surface area (Å²) >= 11 is 0. The lowest BCUT2D eigenvalue weighted by atomic mass is 10.0. The van der Waals surface area contributed by atoms with Gasteiger partial charge in [0, 0.05) is 6.42 Å². The number of ether oxygens (including phenoxy) is 3. The Kier molecular flexibility index (Phi) is 4.58. The third-order valence-electron chi connectivity index (χ3n) is 3.14. The quantitative estimate of drug-likeness (QED) is 0.878. The average Bonchev–Trinajstić information content (AvgIpc) is 2.40. The molecule has 100 valence electrons. The molecule has 0 aromatic heterocycles. The van der Waals surface area contributed by atoms with Crippen LogP contribution in [0.2, 0.25) is 0 Å². The number of aliphatic hydroxyl groups is 1. The molecular weight excluding hydrogens is 232 g/mol. The molecule has 1 saturated heterocycles. The third kappa shape index (κ3) is 3.22. The number of benzene rings is 1. The van der Waals surface area contributed by atoms with Crippen molar-refractivity contribution in [3.63, 3.8) is 0 Å². The van der Waals surface area contributed by atoms with E-state index < -0.39 is 6.10 Å². The predicted molar refractivity (Wildman–Crippen MR) is 68.0 cm³/mol. The Morgan fingerprint density at radius 2 is 2.28 bits per heavy atom. The molecule has 1 aromatic carbocycles. The molecular formula is C14H20O4. The van der Waals surface area contributed by atoms with E-state index in [1.165, 1.54) is 0 Å². The van der Waals surface area contributed by atoms with Crippen LogP contribution in [0.15, 0.2) is 18.2 Å². The van der Waals surface area contributed by atoms with Gasteiger partial charge in [-0.2, -0.15) is 0 Å². The highest BCUT2D eigenvalue weighted by Crippen LogP contribution is 2.22. The zero-order chi connectivity index (χ0) is 13.0. The molecule has 0 amide bonds. The van der Waals surface area contributed by atoms with E-state index in [1.54, 1.807) is 7.11 Å². The van der Waals surface area contributed by atoms with Gasteiger partial charge in [0.2, 0.25) is 0 Å². The van der Waals surface area contributed by atoms with Crippen molar-refractivity contribution in [3.8, 4) is 5.75 Å². The van der Waals surface area contributed by atoms with Crippen LogP contribution < -0.4 is 4.74 Å². The van der Waals surface area contributed by atoms with Crippen molar-refractivity contribution in [2.24, 2.45) is 0 Å². The normalized spacial score (nSPS) is 21.6. The van der Waals surface area contributed by atoms with Gasteiger partial charge >= 0.3 is 0 Å². The topological polar surface area (TPSA) is 47.9 Å². The maximum Gasteiger partial charge on any atom is 0.122 e. The Morgan fingerprint density at radius 1 is 1.44 bits per heavy atom. The molecule has 0 radical (unpaired) electrons. The Labute approximate surface area is 107 Å². The number of hydrogen-bond acceptors (Lipinski definition) is 4. The Balaban J connectivity index is 2.05. The molecule has 1 aliphatic rings. The molecule has 1 fully saturated rings. The van der Waals surface area contributed by atoms with Crippen molar-refractivity contribution in [2.75, 3.05) is 26.9 Å². The van der Waals surface area contributed by atoms with Crippen LogP contribution in [0.5, 0.6) is 5.75 Å². The van der Waals surface area contributed by atoms with Crippen LogP contribution in [0.1, 0.15) is 11.1 Å². The van der Waals surface area contributed by atoms with E-state index in [4.69, 9.17) is 14.2 Å². The van der Waals surface area contributed by atoms with Gasteiger partial charge in [-0.15, -0.1) is 0 Å². The van der Waals surface area contributed by atoms with Gasteiger partial charge in [0.15, 0.2) is 0 Å². The smallest absolute Gasteiger partial charge is 0.122 e. The molecule has 4 heteroatoms. The fourth-order valence-corrected chi connectivity index (χ4v) is 2.15. The van der Waals surface area contributed by atoms with Gasteiger partial charge in [0.05, 0.1) is 33.0 Å². The second-order valence-corrected chi connectivity index (χ2v) is 4.57. The molecule has 1 aromatic rings. The monoisotopic (exact) mass is 252 g/mol. The van der Waals surface area contributed by atoms with Crippen LogP contribution in [-0.2, 0) is 15.9 Å². The van der Waals surface area contributed by atoms with Gasteiger partial charge in [-0.3, -0.25) is 0 Å². The van der Waals surface area contributed by atoms with Gasteiger partial charge < -0.3 is 19.3 Å². The molecule has 1 heterocycles. The van der Waals surface area contributed by atoms with Crippen LogP contribution >= 0.6 is 0 Å². The van der Waals surface area contributed by atoms with E-state index in [0.29, 0.717) is 26.2 Å². The van der Waals surface area contributed by atoms with Crippen LogP contribution in [-0.4, -0.2) is 44.2 Å². The SMILES string of the molecule is COc1ccc(C)cc1CC(O)C1COCCO1. The lowest BCUT2D eigenvalue weighted by Crippen LogP contribution is -2.39. The van der Waals surface area contributed by atoms with E-state index in [-0.39, 0.29) is 6.10 Å². The minimum absolute atomic E-state index is 0.246. The Bertz CT molecular complexity index is 385. The van der Waals surface area contributed by atoms with E-state index in [1.807, 2.05) is 25.1 Å². The molecule has 18 heavy (non-hydrogen) atoms. The summed E-state index contributed by atoms with van der Waals surface area (Å²) in [6.07, 6.45) is -0.302. The number of aryl methyl sites for hydroxylation is 1. The van der Waals surface area contributed by atoms with Crippen molar-refractivity contribution < 1.29 is 19.3 Å². The lowest BCUT2D eigenvalue weighted by molar-refractivity contribution is -0.131. The van der Waals surface area contributed by atoms with E-state index in [0.717, 1.165) is 16.9 Å². The maximum atomic E-state index is 10.2. The second-order valence-electron chi connectivity index (χ2n) is 4.57. The van der Waals surface area contributed by atoms with E-state index in [9.17, 15) is 5.11 Å². The first kappa shape index (κ1) is 13.3. The molecule has 0 spiro atoms.